The third-order valence-electron chi connectivity index (χ3n) is 2.71. The minimum atomic E-state index is 0.724. The molecule has 3 rings (SSSR count). The summed E-state index contributed by atoms with van der Waals surface area (Å²) < 4.78 is 0.724. The molecule has 0 aliphatic heterocycles. The molecular formula is C11H10N2S. The van der Waals surface area contributed by atoms with Crippen LogP contribution in [0, 0.1) is 11.7 Å². The van der Waals surface area contributed by atoms with Crippen LogP contribution in [0.15, 0.2) is 18.2 Å². The van der Waals surface area contributed by atoms with E-state index in [9.17, 15) is 0 Å². The Balaban J connectivity index is 2.33. The summed E-state index contributed by atoms with van der Waals surface area (Å²) in [5.41, 5.74) is 6.36. The van der Waals surface area contributed by atoms with Crippen LogP contribution in [-0.4, -0.2) is 9.97 Å². The van der Waals surface area contributed by atoms with Crippen LogP contribution in [0.25, 0.3) is 11.3 Å². The van der Waals surface area contributed by atoms with Crippen molar-refractivity contribution in [1.29, 1.82) is 0 Å². The number of hydrogen-bond donors (Lipinski definition) is 2. The zero-order valence-electron chi connectivity index (χ0n) is 7.85. The number of hydrogen-bond acceptors (Lipinski definition) is 1. The van der Waals surface area contributed by atoms with E-state index in [2.05, 4.69) is 35.1 Å². The lowest BCUT2D eigenvalue weighted by Gasteiger charge is -1.99. The number of nitrogens with one attached hydrogen (secondary N) is 2. The summed E-state index contributed by atoms with van der Waals surface area (Å²) in [6, 6.07) is 6.55. The van der Waals surface area contributed by atoms with Crippen LogP contribution < -0.4 is 0 Å². The Morgan fingerprint density at radius 3 is 3.00 bits per heavy atom. The second-order valence-corrected chi connectivity index (χ2v) is 4.18. The van der Waals surface area contributed by atoms with Crippen molar-refractivity contribution >= 4 is 12.2 Å². The molecule has 70 valence electrons. The second-order valence-electron chi connectivity index (χ2n) is 3.77. The highest BCUT2D eigenvalue weighted by Crippen LogP contribution is 2.34. The number of fused-ring (bicyclic) bond motifs is 3. The molecule has 0 spiro atoms. The van der Waals surface area contributed by atoms with Crippen molar-refractivity contribution in [3.63, 3.8) is 0 Å². The number of aryl methyl sites for hydroxylation is 1. The first kappa shape index (κ1) is 8.00. The maximum atomic E-state index is 5.07. The maximum Gasteiger partial charge on any atom is 0.175 e. The predicted molar refractivity (Wildman–Crippen MR) is 59.0 cm³/mol. The number of benzene rings is 1. The average molecular weight is 202 g/mol. The molecule has 3 heteroatoms. The summed E-state index contributed by atoms with van der Waals surface area (Å²) in [7, 11) is 0. The maximum absolute atomic E-state index is 5.07. The summed E-state index contributed by atoms with van der Waals surface area (Å²) >= 11 is 5.07. The molecule has 0 saturated heterocycles. The van der Waals surface area contributed by atoms with Crippen LogP contribution in [0.2, 0.25) is 0 Å². The number of aromatic amines is 2. The van der Waals surface area contributed by atoms with Crippen LogP contribution in [0.4, 0.5) is 0 Å². The molecule has 0 radical (unpaired) electrons. The van der Waals surface area contributed by atoms with Crippen molar-refractivity contribution in [2.75, 3.05) is 0 Å². The van der Waals surface area contributed by atoms with Gasteiger partial charge in [0.2, 0.25) is 0 Å². The van der Waals surface area contributed by atoms with E-state index in [4.69, 9.17) is 12.2 Å². The van der Waals surface area contributed by atoms with E-state index in [1.807, 2.05) is 0 Å². The van der Waals surface area contributed by atoms with Gasteiger partial charge in [-0.1, -0.05) is 17.7 Å². The van der Waals surface area contributed by atoms with Gasteiger partial charge in [-0.3, -0.25) is 0 Å². The lowest BCUT2D eigenvalue weighted by atomic mass is 10.1. The Hall–Kier alpha value is -1.35. The van der Waals surface area contributed by atoms with Gasteiger partial charge in [0, 0.05) is 17.7 Å². The third kappa shape index (κ3) is 0.990. The van der Waals surface area contributed by atoms with E-state index < -0.39 is 0 Å². The summed E-state index contributed by atoms with van der Waals surface area (Å²) in [6.45, 7) is 2.11. The zero-order chi connectivity index (χ0) is 9.71. The lowest BCUT2D eigenvalue weighted by Crippen LogP contribution is -1.83. The first-order valence-corrected chi connectivity index (χ1v) is 5.06. The molecule has 2 aromatic rings. The van der Waals surface area contributed by atoms with E-state index in [-0.39, 0.29) is 0 Å². The smallest absolute Gasteiger partial charge is 0.175 e. The molecule has 14 heavy (non-hydrogen) atoms. The Labute approximate surface area is 87.0 Å². The molecule has 1 aromatic heterocycles. The van der Waals surface area contributed by atoms with Gasteiger partial charge in [0.15, 0.2) is 4.77 Å². The number of rotatable bonds is 0. The van der Waals surface area contributed by atoms with E-state index in [0.29, 0.717) is 0 Å². The highest BCUT2D eigenvalue weighted by Gasteiger charge is 2.19. The van der Waals surface area contributed by atoms with Gasteiger partial charge in [0.05, 0.1) is 5.69 Å². The van der Waals surface area contributed by atoms with E-state index >= 15 is 0 Å². The van der Waals surface area contributed by atoms with Crippen molar-refractivity contribution < 1.29 is 0 Å². The first-order chi connectivity index (χ1) is 6.74. The minimum absolute atomic E-state index is 0.724. The van der Waals surface area contributed by atoms with Gasteiger partial charge >= 0.3 is 0 Å². The van der Waals surface area contributed by atoms with Crippen molar-refractivity contribution in [3.05, 3.63) is 39.8 Å². The molecule has 1 aliphatic carbocycles. The van der Waals surface area contributed by atoms with Gasteiger partial charge in [-0.2, -0.15) is 0 Å². The Morgan fingerprint density at radius 2 is 2.14 bits per heavy atom. The van der Waals surface area contributed by atoms with Gasteiger partial charge < -0.3 is 9.97 Å². The topological polar surface area (TPSA) is 31.6 Å². The molecule has 2 nitrogen and oxygen atoms in total. The Bertz CT molecular complexity index is 563. The highest BCUT2D eigenvalue weighted by atomic mass is 32.1. The van der Waals surface area contributed by atoms with E-state index in [0.717, 1.165) is 11.2 Å². The fourth-order valence-electron chi connectivity index (χ4n) is 2.05. The van der Waals surface area contributed by atoms with Crippen LogP contribution in [0.1, 0.15) is 16.8 Å². The zero-order valence-corrected chi connectivity index (χ0v) is 8.66. The Kier molecular flexibility index (Phi) is 1.47. The van der Waals surface area contributed by atoms with E-state index in [1.54, 1.807) is 0 Å². The molecule has 1 aromatic carbocycles. The first-order valence-electron chi connectivity index (χ1n) is 4.65. The predicted octanol–water partition coefficient (Wildman–Crippen LogP) is 2.95. The standard InChI is InChI=1S/C11H10N2S/c1-6-2-3-7-5-9-10(8(7)4-6)13-11(14)12-9/h2-4H,5H2,1H3,(H2,12,13,14). The summed E-state index contributed by atoms with van der Waals surface area (Å²) in [5.74, 6) is 0. The van der Waals surface area contributed by atoms with E-state index in [1.165, 1.54) is 28.1 Å². The van der Waals surface area contributed by atoms with Crippen LogP contribution in [0.5, 0.6) is 0 Å². The normalized spacial score (nSPS) is 12.6. The molecule has 0 saturated carbocycles. The van der Waals surface area contributed by atoms with Gasteiger partial charge in [-0.05, 0) is 30.8 Å². The highest BCUT2D eigenvalue weighted by molar-refractivity contribution is 7.71. The van der Waals surface area contributed by atoms with Crippen molar-refractivity contribution in [2.24, 2.45) is 0 Å². The second kappa shape index (κ2) is 2.58. The molecule has 2 N–H and O–H groups in total. The fourth-order valence-corrected chi connectivity index (χ4v) is 2.28. The molecule has 0 fully saturated rings. The SMILES string of the molecule is Cc1ccc2c(c1)-c1[nH]c(=S)[nH]c1C2. The molecular weight excluding hydrogens is 192 g/mol. The lowest BCUT2D eigenvalue weighted by molar-refractivity contribution is 1.13. The van der Waals surface area contributed by atoms with Crippen molar-refractivity contribution in [1.82, 2.24) is 9.97 Å². The molecule has 0 bridgehead atoms. The number of imidazole rings is 1. The van der Waals surface area contributed by atoms with Crippen LogP contribution in [-0.2, 0) is 6.42 Å². The van der Waals surface area contributed by atoms with Gasteiger partial charge in [0.25, 0.3) is 0 Å². The summed E-state index contributed by atoms with van der Waals surface area (Å²) in [4.78, 5) is 6.38. The summed E-state index contributed by atoms with van der Waals surface area (Å²) in [5, 5.41) is 0. The molecule has 1 aliphatic rings. The molecule has 0 unspecified atom stereocenters. The van der Waals surface area contributed by atoms with Crippen molar-refractivity contribution in [3.8, 4) is 11.3 Å². The Morgan fingerprint density at radius 1 is 1.29 bits per heavy atom. The average Bonchev–Trinajstić information content (AvgIpc) is 2.62. The molecule has 0 amide bonds. The van der Waals surface area contributed by atoms with Gasteiger partial charge in [-0.25, -0.2) is 0 Å². The fraction of sp³-hybridized carbons (Fsp3) is 0.182. The quantitative estimate of drug-likeness (QED) is 0.540. The van der Waals surface area contributed by atoms with Crippen LogP contribution >= 0.6 is 12.2 Å². The number of H-pyrrole nitrogens is 2. The van der Waals surface area contributed by atoms with Crippen molar-refractivity contribution in [2.45, 2.75) is 13.3 Å². The monoisotopic (exact) mass is 202 g/mol. The van der Waals surface area contributed by atoms with Gasteiger partial charge in [0.1, 0.15) is 0 Å². The van der Waals surface area contributed by atoms with Crippen LogP contribution in [0.3, 0.4) is 0 Å². The molecule has 0 atom stereocenters. The largest absolute Gasteiger partial charge is 0.334 e. The minimum Gasteiger partial charge on any atom is -0.334 e. The van der Waals surface area contributed by atoms with Gasteiger partial charge in [-0.15, -0.1) is 0 Å². The summed E-state index contributed by atoms with van der Waals surface area (Å²) in [6.07, 6.45) is 0.970. The molecule has 1 heterocycles. The number of aromatic nitrogens is 2. The third-order valence-corrected chi connectivity index (χ3v) is 2.91.